The van der Waals surface area contributed by atoms with E-state index in [1.54, 1.807) is 46.1 Å². The number of carboxylic acid groups (broad SMARTS) is 1. The van der Waals surface area contributed by atoms with Gasteiger partial charge in [-0.15, -0.1) is 0 Å². The third-order valence-corrected chi connectivity index (χ3v) is 8.26. The average molecular weight is 597 g/mol. The van der Waals surface area contributed by atoms with Gasteiger partial charge in [-0.3, -0.25) is 9.59 Å². The molecule has 2 aliphatic heterocycles. The van der Waals surface area contributed by atoms with E-state index in [1.807, 2.05) is 12.2 Å². The fourth-order valence-electron chi connectivity index (χ4n) is 5.90. The van der Waals surface area contributed by atoms with Crippen molar-refractivity contribution in [3.05, 3.63) is 30.4 Å². The number of carboxylic acids is 1. The van der Waals surface area contributed by atoms with Crippen molar-refractivity contribution in [3.63, 3.8) is 0 Å². The fourth-order valence-corrected chi connectivity index (χ4v) is 5.90. The molecule has 1 saturated heterocycles. The van der Waals surface area contributed by atoms with E-state index < -0.39 is 53.1 Å². The molecule has 3 amide bonds. The highest BCUT2D eigenvalue weighted by Gasteiger charge is 2.61. The number of alkyl carbamates (subject to hydrolysis) is 1. The van der Waals surface area contributed by atoms with Crippen molar-refractivity contribution in [1.29, 1.82) is 0 Å². The molecule has 1 aromatic heterocycles. The van der Waals surface area contributed by atoms with Crippen LogP contribution in [0.15, 0.2) is 30.4 Å². The number of carbonyl (C=O) groups is 4. The van der Waals surface area contributed by atoms with E-state index in [1.165, 1.54) is 9.70 Å². The van der Waals surface area contributed by atoms with Crippen LogP contribution in [0, 0.1) is 5.92 Å². The molecule has 232 valence electrons. The number of rotatable bonds is 4. The number of aromatic nitrogens is 3. The molecular weight excluding hydrogens is 556 g/mol. The Morgan fingerprint density at radius 1 is 1.14 bits per heavy atom. The van der Waals surface area contributed by atoms with E-state index in [9.17, 15) is 24.3 Å². The van der Waals surface area contributed by atoms with Crippen molar-refractivity contribution in [1.82, 2.24) is 30.5 Å². The first-order valence-corrected chi connectivity index (χ1v) is 14.8. The summed E-state index contributed by atoms with van der Waals surface area (Å²) >= 11 is 0. The Kier molecular flexibility index (Phi) is 8.35. The molecule has 13 heteroatoms. The van der Waals surface area contributed by atoms with Crippen molar-refractivity contribution in [2.24, 2.45) is 5.92 Å². The highest BCUT2D eigenvalue weighted by Crippen LogP contribution is 2.45. The van der Waals surface area contributed by atoms with Gasteiger partial charge < -0.3 is 30.1 Å². The van der Waals surface area contributed by atoms with Gasteiger partial charge in [-0.05, 0) is 58.6 Å². The second-order valence-electron chi connectivity index (χ2n) is 12.6. The first-order valence-electron chi connectivity index (χ1n) is 14.8. The van der Waals surface area contributed by atoms with Gasteiger partial charge in [0.15, 0.2) is 0 Å². The Morgan fingerprint density at radius 2 is 1.91 bits per heavy atom. The molecule has 13 nitrogen and oxygen atoms in total. The molecule has 1 saturated carbocycles. The lowest BCUT2D eigenvalue weighted by atomic mass is 10.0. The van der Waals surface area contributed by atoms with Crippen LogP contribution in [-0.4, -0.2) is 85.8 Å². The summed E-state index contributed by atoms with van der Waals surface area (Å²) in [7, 11) is 1.56. The number of benzene rings is 1. The van der Waals surface area contributed by atoms with Crippen LogP contribution in [0.2, 0.25) is 0 Å². The molecule has 3 aliphatic rings. The summed E-state index contributed by atoms with van der Waals surface area (Å²) < 4.78 is 10.7. The minimum atomic E-state index is -1.41. The highest BCUT2D eigenvalue weighted by molar-refractivity contribution is 5.96. The Morgan fingerprint density at radius 3 is 2.63 bits per heavy atom. The maximum absolute atomic E-state index is 14.1. The largest absolute Gasteiger partial charge is 0.497 e. The zero-order chi connectivity index (χ0) is 30.9. The lowest BCUT2D eigenvalue weighted by Gasteiger charge is -2.30. The number of aliphatic carboxylic acids is 1. The van der Waals surface area contributed by atoms with Crippen LogP contribution in [0.25, 0.3) is 11.0 Å². The number of allylic oxidation sites excluding steroid dienone is 1. The van der Waals surface area contributed by atoms with E-state index >= 15 is 0 Å². The topological polar surface area (TPSA) is 165 Å². The SMILES string of the molecule is COc1ccc2nn([C@H]3C[C@H]4C(=O)N[C@@]5(C(=O)O)C[C@H]5/C=C\CCCCC[C@@H](NC(=O)OC(C)(C)C)C(=O)N4C3)nc2c1. The maximum Gasteiger partial charge on any atom is 0.408 e. The van der Waals surface area contributed by atoms with E-state index in [-0.39, 0.29) is 25.3 Å². The molecule has 43 heavy (non-hydrogen) atoms. The lowest BCUT2D eigenvalue weighted by molar-refractivity contribution is -0.145. The second-order valence-corrected chi connectivity index (χ2v) is 12.6. The predicted molar refractivity (Wildman–Crippen MR) is 155 cm³/mol. The molecule has 0 spiro atoms. The molecule has 0 radical (unpaired) electrons. The van der Waals surface area contributed by atoms with Crippen LogP contribution in [-0.2, 0) is 19.1 Å². The molecule has 3 heterocycles. The van der Waals surface area contributed by atoms with Crippen LogP contribution in [0.5, 0.6) is 5.75 Å². The van der Waals surface area contributed by atoms with Gasteiger partial charge >= 0.3 is 12.1 Å². The molecule has 2 fully saturated rings. The first kappa shape index (κ1) is 30.3. The number of hydrogen-bond donors (Lipinski definition) is 3. The Labute approximate surface area is 249 Å². The van der Waals surface area contributed by atoms with Gasteiger partial charge in [0.2, 0.25) is 11.8 Å². The van der Waals surface area contributed by atoms with Crippen LogP contribution in [0.1, 0.15) is 71.8 Å². The van der Waals surface area contributed by atoms with Gasteiger partial charge in [-0.1, -0.05) is 25.0 Å². The van der Waals surface area contributed by atoms with Gasteiger partial charge in [0.1, 0.15) is 40.0 Å². The minimum Gasteiger partial charge on any atom is -0.497 e. The molecule has 0 bridgehead atoms. The van der Waals surface area contributed by atoms with Crippen molar-refractivity contribution in [3.8, 4) is 5.75 Å². The van der Waals surface area contributed by atoms with E-state index in [0.717, 1.165) is 19.3 Å². The first-order chi connectivity index (χ1) is 20.4. The van der Waals surface area contributed by atoms with Crippen molar-refractivity contribution >= 4 is 34.9 Å². The van der Waals surface area contributed by atoms with Gasteiger partial charge in [-0.2, -0.15) is 15.0 Å². The normalized spacial score (nSPS) is 29.0. The number of carbonyl (C=O) groups excluding carboxylic acids is 3. The molecule has 0 unspecified atom stereocenters. The minimum absolute atomic E-state index is 0.102. The van der Waals surface area contributed by atoms with Crippen LogP contribution in [0.4, 0.5) is 4.79 Å². The van der Waals surface area contributed by atoms with Gasteiger partial charge in [0.25, 0.3) is 0 Å². The summed E-state index contributed by atoms with van der Waals surface area (Å²) in [6.07, 6.45) is 7.02. The molecule has 1 aliphatic carbocycles. The van der Waals surface area contributed by atoms with Gasteiger partial charge in [0.05, 0.1) is 13.2 Å². The van der Waals surface area contributed by atoms with Gasteiger partial charge in [0, 0.05) is 24.9 Å². The fraction of sp³-hybridized carbons (Fsp3) is 0.600. The van der Waals surface area contributed by atoms with Crippen molar-refractivity contribution in [2.45, 2.75) is 95.0 Å². The summed E-state index contributed by atoms with van der Waals surface area (Å²) in [5.74, 6) is -1.80. The number of methoxy groups -OCH3 is 1. The Balaban J connectivity index is 1.46. The summed E-state index contributed by atoms with van der Waals surface area (Å²) in [4.78, 5) is 55.9. The molecular formula is C30H40N6O7. The smallest absolute Gasteiger partial charge is 0.408 e. The summed E-state index contributed by atoms with van der Waals surface area (Å²) in [6, 6.07) is 2.92. The number of hydrogen-bond acceptors (Lipinski definition) is 8. The zero-order valence-corrected chi connectivity index (χ0v) is 25.0. The number of fused-ring (bicyclic) bond motifs is 3. The molecule has 5 atom stereocenters. The number of ether oxygens (including phenoxy) is 2. The van der Waals surface area contributed by atoms with Gasteiger partial charge in [-0.25, -0.2) is 9.59 Å². The standard InChI is InChI=1S/C30H40N6O7/c1-29(2,3)43-28(41)31-22-11-9-7-5-6-8-10-18-16-30(18,27(39)40)32-25(37)24-14-19(17-35(24)26(22)38)36-33-21-13-12-20(42-4)15-23(21)34-36/h8,10,12-13,15,18-19,22,24H,5-7,9,11,14,16-17H2,1-4H3,(H,31,41)(H,32,37)(H,39,40)/b10-8-/t18-,19+,22-,24+,30+/m1/s1. The molecule has 3 N–H and O–H groups in total. The quantitative estimate of drug-likeness (QED) is 0.450. The number of nitrogens with zero attached hydrogens (tertiary/aromatic N) is 4. The van der Waals surface area contributed by atoms with E-state index in [4.69, 9.17) is 9.47 Å². The molecule has 2 aromatic rings. The monoisotopic (exact) mass is 596 g/mol. The van der Waals surface area contributed by atoms with E-state index in [2.05, 4.69) is 20.8 Å². The van der Waals surface area contributed by atoms with Crippen molar-refractivity contribution < 1.29 is 33.8 Å². The molecule has 5 rings (SSSR count). The summed E-state index contributed by atoms with van der Waals surface area (Å²) in [5, 5.41) is 24.7. The van der Waals surface area contributed by atoms with Crippen molar-refractivity contribution in [2.75, 3.05) is 13.7 Å². The highest BCUT2D eigenvalue weighted by atomic mass is 16.6. The Bertz CT molecular complexity index is 1430. The summed E-state index contributed by atoms with van der Waals surface area (Å²) in [6.45, 7) is 5.32. The zero-order valence-electron chi connectivity index (χ0n) is 25.0. The van der Waals surface area contributed by atoms with Crippen LogP contribution < -0.4 is 15.4 Å². The van der Waals surface area contributed by atoms with Crippen LogP contribution in [0.3, 0.4) is 0 Å². The summed E-state index contributed by atoms with van der Waals surface area (Å²) in [5.41, 5.74) is -0.948. The maximum atomic E-state index is 14.1. The predicted octanol–water partition coefficient (Wildman–Crippen LogP) is 2.96. The lowest BCUT2D eigenvalue weighted by Crippen LogP contribution is -2.56. The van der Waals surface area contributed by atoms with Crippen LogP contribution >= 0.6 is 0 Å². The van der Waals surface area contributed by atoms with E-state index in [0.29, 0.717) is 29.6 Å². The number of nitrogens with one attached hydrogen (secondary N) is 2. The molecule has 1 aromatic carbocycles. The third kappa shape index (κ3) is 6.60. The third-order valence-electron chi connectivity index (χ3n) is 8.26. The number of amides is 3. The average Bonchev–Trinajstić information content (AvgIpc) is 3.27. The Hall–Kier alpha value is -4.16. The second kappa shape index (κ2) is 11.8.